The highest BCUT2D eigenvalue weighted by Crippen LogP contribution is 2.35. The van der Waals surface area contributed by atoms with Crippen LogP contribution < -0.4 is 10.6 Å². The van der Waals surface area contributed by atoms with E-state index in [0.29, 0.717) is 22.5 Å². The number of aromatic amines is 1. The molecule has 0 saturated carbocycles. The minimum atomic E-state index is -0.534. The predicted octanol–water partition coefficient (Wildman–Crippen LogP) is 1.52. The summed E-state index contributed by atoms with van der Waals surface area (Å²) in [5.74, 6) is 2.13. The van der Waals surface area contributed by atoms with E-state index in [1.165, 1.54) is 0 Å². The minimum Gasteiger partial charge on any atom is -0.412 e. The predicted molar refractivity (Wildman–Crippen MR) is 96.7 cm³/mol. The van der Waals surface area contributed by atoms with E-state index >= 15 is 0 Å². The van der Waals surface area contributed by atoms with Crippen LogP contribution in [0.4, 0.5) is 11.4 Å². The van der Waals surface area contributed by atoms with Crippen molar-refractivity contribution in [3.05, 3.63) is 41.0 Å². The van der Waals surface area contributed by atoms with E-state index in [2.05, 4.69) is 20.6 Å². The van der Waals surface area contributed by atoms with Gasteiger partial charge in [0.15, 0.2) is 0 Å². The number of carbonyl (C=O) groups is 2. The van der Waals surface area contributed by atoms with E-state index in [0.717, 1.165) is 23.6 Å². The summed E-state index contributed by atoms with van der Waals surface area (Å²) in [6.45, 7) is 3.92. The lowest BCUT2D eigenvalue weighted by molar-refractivity contribution is -0.111. The van der Waals surface area contributed by atoms with Gasteiger partial charge in [0.1, 0.15) is 5.82 Å². The van der Waals surface area contributed by atoms with Crippen molar-refractivity contribution in [2.45, 2.75) is 20.3 Å². The molecule has 0 bridgehead atoms. The molecular formula is C18H18N4O3. The molecule has 2 aromatic rings. The lowest BCUT2D eigenvalue weighted by Gasteiger charge is -2.04. The molecule has 7 heteroatoms. The first-order valence-corrected chi connectivity index (χ1v) is 7.52. The lowest BCUT2D eigenvalue weighted by atomic mass is 10.0. The number of H-pyrrole nitrogens is 1. The monoisotopic (exact) mass is 338 g/mol. The van der Waals surface area contributed by atoms with Crippen LogP contribution in [0, 0.1) is 19.3 Å². The summed E-state index contributed by atoms with van der Waals surface area (Å²) in [4.78, 5) is 31.3. The smallest absolute Gasteiger partial charge is 0.300 e. The van der Waals surface area contributed by atoms with Crippen LogP contribution >= 0.6 is 0 Å². The van der Waals surface area contributed by atoms with E-state index < -0.39 is 5.91 Å². The first kappa shape index (κ1) is 18.0. The normalized spacial score (nSPS) is 13.6. The topological polar surface area (TPSA) is 118 Å². The number of imidazole rings is 1. The number of rotatable bonds is 3. The number of hydrogen-bond acceptors (Lipinski definition) is 3. The molecule has 2 heterocycles. The number of amides is 2. The fourth-order valence-corrected chi connectivity index (χ4v) is 2.56. The van der Waals surface area contributed by atoms with Gasteiger partial charge in [0.25, 0.3) is 11.8 Å². The molecule has 5 N–H and O–H groups in total. The highest BCUT2D eigenvalue weighted by atomic mass is 16.2. The molecule has 25 heavy (non-hydrogen) atoms. The maximum absolute atomic E-state index is 12.3. The second kappa shape index (κ2) is 7.03. The van der Waals surface area contributed by atoms with E-state index in [9.17, 15) is 9.59 Å². The standard InChI is InChI=1S/C18H16N4O2.H2O/c1-4-16-19-10(3)15(21-16)9-13-12-8-11(20-17(23)5-2)6-7-14(12)22-18(13)24;/h2,6-9H,4H2,1,3H3,(H,19,21)(H,20,23)(H,22,24);1H2/b13-9-;. The van der Waals surface area contributed by atoms with Gasteiger partial charge < -0.3 is 21.1 Å². The van der Waals surface area contributed by atoms with Gasteiger partial charge in [0, 0.05) is 29.1 Å². The number of carbonyl (C=O) groups excluding carboxylic acids is 2. The molecule has 0 saturated heterocycles. The molecule has 0 aliphatic carbocycles. The van der Waals surface area contributed by atoms with E-state index in [1.807, 2.05) is 19.8 Å². The summed E-state index contributed by atoms with van der Waals surface area (Å²) < 4.78 is 0. The Labute approximate surface area is 144 Å². The third-order valence-corrected chi connectivity index (χ3v) is 3.78. The first-order chi connectivity index (χ1) is 11.5. The summed E-state index contributed by atoms with van der Waals surface area (Å²) in [6.07, 6.45) is 7.60. The second-order valence-corrected chi connectivity index (χ2v) is 5.42. The average molecular weight is 338 g/mol. The second-order valence-electron chi connectivity index (χ2n) is 5.42. The van der Waals surface area contributed by atoms with Crippen molar-refractivity contribution in [3.63, 3.8) is 0 Å². The summed E-state index contributed by atoms with van der Waals surface area (Å²) in [7, 11) is 0. The number of fused-ring (bicyclic) bond motifs is 1. The number of aromatic nitrogens is 2. The molecule has 1 aliphatic rings. The van der Waals surface area contributed by atoms with Crippen molar-refractivity contribution >= 4 is 34.8 Å². The quantitative estimate of drug-likeness (QED) is 0.581. The molecule has 0 radical (unpaired) electrons. The molecule has 128 valence electrons. The summed E-state index contributed by atoms with van der Waals surface area (Å²) in [5.41, 5.74) is 4.05. The fourth-order valence-electron chi connectivity index (χ4n) is 2.56. The van der Waals surface area contributed by atoms with Gasteiger partial charge in [0.05, 0.1) is 11.3 Å². The van der Waals surface area contributed by atoms with Gasteiger partial charge in [-0.3, -0.25) is 9.59 Å². The molecule has 1 aromatic heterocycles. The lowest BCUT2D eigenvalue weighted by Crippen LogP contribution is -2.07. The summed E-state index contributed by atoms with van der Waals surface area (Å²) in [5, 5.41) is 5.39. The van der Waals surface area contributed by atoms with E-state index in [1.54, 1.807) is 24.3 Å². The van der Waals surface area contributed by atoms with Crippen LogP contribution in [0.2, 0.25) is 0 Å². The Morgan fingerprint density at radius 1 is 1.44 bits per heavy atom. The molecule has 3 rings (SSSR count). The number of aryl methyl sites for hydroxylation is 2. The van der Waals surface area contributed by atoms with Gasteiger partial charge in [-0.05, 0) is 37.1 Å². The molecule has 0 spiro atoms. The maximum Gasteiger partial charge on any atom is 0.300 e. The van der Waals surface area contributed by atoms with Crippen LogP contribution in [-0.4, -0.2) is 27.3 Å². The summed E-state index contributed by atoms with van der Waals surface area (Å²) >= 11 is 0. The van der Waals surface area contributed by atoms with Gasteiger partial charge in [-0.2, -0.15) is 0 Å². The molecule has 7 nitrogen and oxygen atoms in total. The Hall–Kier alpha value is -3.37. The maximum atomic E-state index is 12.3. The van der Waals surface area contributed by atoms with E-state index in [4.69, 9.17) is 6.42 Å². The zero-order chi connectivity index (χ0) is 17.3. The number of nitrogens with zero attached hydrogens (tertiary/aromatic N) is 1. The van der Waals surface area contributed by atoms with Crippen molar-refractivity contribution in [2.24, 2.45) is 0 Å². The zero-order valence-corrected chi connectivity index (χ0v) is 13.9. The Kier molecular flexibility index (Phi) is 5.05. The minimum absolute atomic E-state index is 0. The van der Waals surface area contributed by atoms with Crippen molar-refractivity contribution in [1.29, 1.82) is 0 Å². The van der Waals surface area contributed by atoms with Crippen molar-refractivity contribution < 1.29 is 15.1 Å². The van der Waals surface area contributed by atoms with Crippen LogP contribution in [0.1, 0.15) is 29.7 Å². The van der Waals surface area contributed by atoms with Crippen molar-refractivity contribution in [2.75, 3.05) is 10.6 Å². The van der Waals surface area contributed by atoms with Crippen LogP contribution in [0.5, 0.6) is 0 Å². The highest BCUT2D eigenvalue weighted by molar-refractivity contribution is 6.35. The van der Waals surface area contributed by atoms with Crippen LogP contribution in [0.3, 0.4) is 0 Å². The van der Waals surface area contributed by atoms with Crippen LogP contribution in [-0.2, 0) is 16.0 Å². The molecule has 0 unspecified atom stereocenters. The Morgan fingerprint density at radius 2 is 2.20 bits per heavy atom. The molecule has 1 aromatic carbocycles. The molecule has 2 amide bonds. The highest BCUT2D eigenvalue weighted by Gasteiger charge is 2.25. The fraction of sp³-hybridized carbons (Fsp3) is 0.167. The van der Waals surface area contributed by atoms with Crippen molar-refractivity contribution in [1.82, 2.24) is 9.97 Å². The molecule has 1 aliphatic heterocycles. The number of nitrogens with one attached hydrogen (secondary N) is 3. The molecular weight excluding hydrogens is 320 g/mol. The van der Waals surface area contributed by atoms with Crippen LogP contribution in [0.25, 0.3) is 11.6 Å². The van der Waals surface area contributed by atoms with Gasteiger partial charge >= 0.3 is 0 Å². The molecule has 0 atom stereocenters. The Morgan fingerprint density at radius 3 is 2.84 bits per heavy atom. The number of hydrogen-bond donors (Lipinski definition) is 3. The van der Waals surface area contributed by atoms with Gasteiger partial charge in [-0.1, -0.05) is 6.92 Å². The SMILES string of the molecule is C#CC(=O)Nc1ccc2c(c1)/C(=C/c1nc(CC)[nH]c1C)C(=O)N2.O. The van der Waals surface area contributed by atoms with Gasteiger partial charge in [-0.25, -0.2) is 4.98 Å². The third-order valence-electron chi connectivity index (χ3n) is 3.78. The number of anilines is 2. The number of benzene rings is 1. The van der Waals surface area contributed by atoms with Gasteiger partial charge in [0.2, 0.25) is 0 Å². The third kappa shape index (κ3) is 3.44. The largest absolute Gasteiger partial charge is 0.412 e. The summed E-state index contributed by atoms with van der Waals surface area (Å²) in [6, 6.07) is 5.14. The average Bonchev–Trinajstić information content (AvgIpc) is 3.08. The van der Waals surface area contributed by atoms with E-state index in [-0.39, 0.29) is 11.4 Å². The first-order valence-electron chi connectivity index (χ1n) is 7.52. The Balaban J connectivity index is 0.00000225. The zero-order valence-electron chi connectivity index (χ0n) is 13.9. The number of terminal acetylenes is 1. The van der Waals surface area contributed by atoms with Crippen LogP contribution in [0.15, 0.2) is 18.2 Å². The Bertz CT molecular complexity index is 919. The van der Waals surface area contributed by atoms with Gasteiger partial charge in [-0.15, -0.1) is 6.42 Å². The van der Waals surface area contributed by atoms with Crippen molar-refractivity contribution in [3.8, 4) is 12.3 Å². The molecule has 0 fully saturated rings.